The molecule has 2 aromatic carbocycles. The summed E-state index contributed by atoms with van der Waals surface area (Å²) in [7, 11) is 0. The minimum atomic E-state index is -0.988. The lowest BCUT2D eigenvalue weighted by molar-refractivity contribution is 0.510. The summed E-state index contributed by atoms with van der Waals surface area (Å²) in [5, 5.41) is 0. The third kappa shape index (κ3) is 2.02. The van der Waals surface area contributed by atoms with Gasteiger partial charge >= 0.3 is 0 Å². The molecule has 0 spiro atoms. The number of fused-ring (bicyclic) bond motifs is 1. The van der Waals surface area contributed by atoms with Gasteiger partial charge in [0.15, 0.2) is 11.6 Å². The Morgan fingerprint density at radius 2 is 1.74 bits per heavy atom. The van der Waals surface area contributed by atoms with Crippen LogP contribution in [0.4, 0.5) is 13.2 Å². The second kappa shape index (κ2) is 4.38. The molecule has 19 heavy (non-hydrogen) atoms. The van der Waals surface area contributed by atoms with E-state index in [9.17, 15) is 13.2 Å². The number of halogens is 4. The van der Waals surface area contributed by atoms with Crippen LogP contribution in [0.15, 0.2) is 34.8 Å². The van der Waals surface area contributed by atoms with Gasteiger partial charge in [0.2, 0.25) is 0 Å². The van der Waals surface area contributed by atoms with E-state index in [1.54, 1.807) is 12.1 Å². The average Bonchev–Trinajstić information content (AvgIpc) is 2.72. The molecule has 0 radical (unpaired) electrons. The van der Waals surface area contributed by atoms with E-state index in [0.29, 0.717) is 9.99 Å². The number of rotatable bonds is 1. The first-order valence-corrected chi connectivity index (χ1v) is 6.14. The SMILES string of the molecule is Fc1cc2nc(-c3c(F)cccc3Br)[nH]c2cc1F. The van der Waals surface area contributed by atoms with Gasteiger partial charge < -0.3 is 4.98 Å². The van der Waals surface area contributed by atoms with Gasteiger partial charge in [-0.25, -0.2) is 18.2 Å². The third-order valence-electron chi connectivity index (χ3n) is 2.72. The number of hydrogen-bond donors (Lipinski definition) is 1. The number of benzene rings is 2. The smallest absolute Gasteiger partial charge is 0.161 e. The Morgan fingerprint density at radius 3 is 2.47 bits per heavy atom. The molecule has 1 heterocycles. The van der Waals surface area contributed by atoms with Crippen molar-refractivity contribution < 1.29 is 13.2 Å². The number of nitrogens with one attached hydrogen (secondary N) is 1. The summed E-state index contributed by atoms with van der Waals surface area (Å²) in [4.78, 5) is 6.85. The van der Waals surface area contributed by atoms with Gasteiger partial charge in [0.25, 0.3) is 0 Å². The highest BCUT2D eigenvalue weighted by molar-refractivity contribution is 9.10. The number of aromatic nitrogens is 2. The maximum atomic E-state index is 13.8. The van der Waals surface area contributed by atoms with Gasteiger partial charge in [0, 0.05) is 16.6 Å². The van der Waals surface area contributed by atoms with E-state index in [2.05, 4.69) is 25.9 Å². The molecule has 6 heteroatoms. The molecule has 0 unspecified atom stereocenters. The van der Waals surface area contributed by atoms with Crippen molar-refractivity contribution in [3.05, 3.63) is 52.3 Å². The van der Waals surface area contributed by atoms with Gasteiger partial charge in [-0.1, -0.05) is 6.07 Å². The Bertz CT molecular complexity index is 724. The molecule has 3 rings (SSSR count). The predicted octanol–water partition coefficient (Wildman–Crippen LogP) is 4.41. The quantitative estimate of drug-likeness (QED) is 0.705. The molecule has 1 N–H and O–H groups in total. The van der Waals surface area contributed by atoms with Crippen LogP contribution < -0.4 is 0 Å². The number of H-pyrrole nitrogens is 1. The lowest BCUT2D eigenvalue weighted by Crippen LogP contribution is -1.87. The first-order valence-electron chi connectivity index (χ1n) is 5.35. The molecule has 0 aliphatic carbocycles. The van der Waals surface area contributed by atoms with Crippen molar-refractivity contribution in [1.29, 1.82) is 0 Å². The Morgan fingerprint density at radius 1 is 1.00 bits per heavy atom. The molecular weight excluding hydrogens is 321 g/mol. The average molecular weight is 327 g/mol. The molecular formula is C13H6BrF3N2. The zero-order valence-electron chi connectivity index (χ0n) is 9.35. The van der Waals surface area contributed by atoms with Crippen molar-refractivity contribution in [2.75, 3.05) is 0 Å². The van der Waals surface area contributed by atoms with Gasteiger partial charge in [0.05, 0.1) is 16.6 Å². The monoisotopic (exact) mass is 326 g/mol. The van der Waals surface area contributed by atoms with Crippen LogP contribution in [0.5, 0.6) is 0 Å². The number of hydrogen-bond acceptors (Lipinski definition) is 1. The molecule has 0 fully saturated rings. The fraction of sp³-hybridized carbons (Fsp3) is 0. The van der Waals surface area contributed by atoms with E-state index in [1.807, 2.05) is 0 Å². The van der Waals surface area contributed by atoms with Gasteiger partial charge in [-0.3, -0.25) is 0 Å². The summed E-state index contributed by atoms with van der Waals surface area (Å²) >= 11 is 3.22. The van der Waals surface area contributed by atoms with Crippen molar-refractivity contribution in [2.24, 2.45) is 0 Å². The van der Waals surface area contributed by atoms with Gasteiger partial charge in [-0.15, -0.1) is 0 Å². The largest absolute Gasteiger partial charge is 0.338 e. The topological polar surface area (TPSA) is 28.7 Å². The zero-order chi connectivity index (χ0) is 13.6. The van der Waals surface area contributed by atoms with Crippen molar-refractivity contribution in [2.45, 2.75) is 0 Å². The summed E-state index contributed by atoms with van der Waals surface area (Å²) in [6, 6.07) is 6.46. The summed E-state index contributed by atoms with van der Waals surface area (Å²) in [6.07, 6.45) is 0. The van der Waals surface area contributed by atoms with Crippen LogP contribution in [0.3, 0.4) is 0 Å². The van der Waals surface area contributed by atoms with E-state index in [4.69, 9.17) is 0 Å². The van der Waals surface area contributed by atoms with E-state index < -0.39 is 17.5 Å². The molecule has 96 valence electrons. The molecule has 0 bridgehead atoms. The molecule has 3 aromatic rings. The first kappa shape index (κ1) is 12.2. The van der Waals surface area contributed by atoms with Crippen LogP contribution in [-0.4, -0.2) is 9.97 Å². The highest BCUT2D eigenvalue weighted by Gasteiger charge is 2.15. The van der Waals surface area contributed by atoms with Crippen LogP contribution >= 0.6 is 15.9 Å². The number of nitrogens with zero attached hydrogens (tertiary/aromatic N) is 1. The lowest BCUT2D eigenvalue weighted by Gasteiger charge is -2.01. The van der Waals surface area contributed by atoms with E-state index >= 15 is 0 Å². The molecule has 0 saturated carbocycles. The predicted molar refractivity (Wildman–Crippen MR) is 69.1 cm³/mol. The van der Waals surface area contributed by atoms with Crippen LogP contribution in [0.1, 0.15) is 0 Å². The summed E-state index contributed by atoms with van der Waals surface area (Å²) in [5.74, 6) is -2.23. The van der Waals surface area contributed by atoms with Crippen molar-refractivity contribution >= 4 is 27.0 Å². The fourth-order valence-corrected chi connectivity index (χ4v) is 2.38. The van der Waals surface area contributed by atoms with Crippen molar-refractivity contribution in [3.63, 3.8) is 0 Å². The van der Waals surface area contributed by atoms with Gasteiger partial charge in [-0.2, -0.15) is 0 Å². The second-order valence-corrected chi connectivity index (χ2v) is 4.82. The Balaban J connectivity index is 2.26. The Labute approximate surface area is 114 Å². The van der Waals surface area contributed by atoms with Gasteiger partial charge in [-0.05, 0) is 28.1 Å². The highest BCUT2D eigenvalue weighted by atomic mass is 79.9. The first-order chi connectivity index (χ1) is 9.06. The number of aromatic amines is 1. The van der Waals surface area contributed by atoms with Crippen molar-refractivity contribution in [3.8, 4) is 11.4 Å². The number of imidazole rings is 1. The molecule has 1 aromatic heterocycles. The maximum absolute atomic E-state index is 13.8. The standard InChI is InChI=1S/C13H6BrF3N2/c14-6-2-1-3-7(15)12(6)13-18-10-4-8(16)9(17)5-11(10)19-13/h1-5H,(H,18,19). The molecule has 0 saturated heterocycles. The minimum absolute atomic E-state index is 0.213. The molecule has 2 nitrogen and oxygen atoms in total. The van der Waals surface area contributed by atoms with E-state index in [-0.39, 0.29) is 16.9 Å². The Hall–Kier alpha value is -1.82. The van der Waals surface area contributed by atoms with Gasteiger partial charge in [0.1, 0.15) is 11.6 Å². The lowest BCUT2D eigenvalue weighted by atomic mass is 10.2. The van der Waals surface area contributed by atoms with Crippen LogP contribution in [-0.2, 0) is 0 Å². The Kier molecular flexibility index (Phi) is 2.82. The zero-order valence-corrected chi connectivity index (χ0v) is 10.9. The normalized spacial score (nSPS) is 11.2. The summed E-state index contributed by atoms with van der Waals surface area (Å²) in [5.41, 5.74) is 0.771. The molecule has 0 aliphatic rings. The molecule has 0 atom stereocenters. The van der Waals surface area contributed by atoms with E-state index in [0.717, 1.165) is 12.1 Å². The van der Waals surface area contributed by atoms with Crippen LogP contribution in [0.25, 0.3) is 22.4 Å². The molecule has 0 aliphatic heterocycles. The fourth-order valence-electron chi connectivity index (χ4n) is 1.85. The minimum Gasteiger partial charge on any atom is -0.338 e. The summed E-state index contributed by atoms with van der Waals surface area (Å²) < 4.78 is 40.5. The second-order valence-electron chi connectivity index (χ2n) is 3.97. The van der Waals surface area contributed by atoms with Crippen molar-refractivity contribution in [1.82, 2.24) is 9.97 Å². The van der Waals surface area contributed by atoms with Crippen LogP contribution in [0, 0.1) is 17.5 Å². The summed E-state index contributed by atoms with van der Waals surface area (Å²) in [6.45, 7) is 0. The maximum Gasteiger partial charge on any atom is 0.161 e. The van der Waals surface area contributed by atoms with Crippen LogP contribution in [0.2, 0.25) is 0 Å². The third-order valence-corrected chi connectivity index (χ3v) is 3.38. The molecule has 0 amide bonds. The van der Waals surface area contributed by atoms with E-state index in [1.165, 1.54) is 6.07 Å². The highest BCUT2D eigenvalue weighted by Crippen LogP contribution is 2.30.